The van der Waals surface area contributed by atoms with Crippen LogP contribution in [0.5, 0.6) is 0 Å². The Morgan fingerprint density at radius 2 is 2.31 bits per heavy atom. The van der Waals surface area contributed by atoms with Crippen LogP contribution in [0.3, 0.4) is 0 Å². The average molecular weight is 195 g/mol. The van der Waals surface area contributed by atoms with E-state index in [4.69, 9.17) is 11.6 Å². The number of fused-ring (bicyclic) bond motifs is 1. The molecule has 0 amide bonds. The first-order valence-corrected chi connectivity index (χ1v) is 4.20. The Kier molecular flexibility index (Phi) is 1.81. The van der Waals surface area contributed by atoms with E-state index in [0.29, 0.717) is 21.6 Å². The lowest BCUT2D eigenvalue weighted by atomic mass is 10.2. The fraction of sp³-hybridized carbons (Fsp3) is 0.111. The number of halogens is 1. The van der Waals surface area contributed by atoms with Crippen LogP contribution in [-0.2, 0) is 0 Å². The quantitative estimate of drug-likeness (QED) is 0.696. The first-order chi connectivity index (χ1) is 6.20. The van der Waals surface area contributed by atoms with Gasteiger partial charge in [0.2, 0.25) is 5.43 Å². The van der Waals surface area contributed by atoms with Crippen molar-refractivity contribution in [3.63, 3.8) is 0 Å². The van der Waals surface area contributed by atoms with Gasteiger partial charge in [-0.2, -0.15) is 0 Å². The number of aryl methyl sites for hydroxylation is 1. The molecule has 0 spiro atoms. The van der Waals surface area contributed by atoms with Crippen molar-refractivity contribution >= 4 is 22.6 Å². The van der Waals surface area contributed by atoms with Crippen LogP contribution in [0.25, 0.3) is 11.0 Å². The number of nitrogens with zero attached hydrogens (tertiary/aromatic N) is 1. The summed E-state index contributed by atoms with van der Waals surface area (Å²) >= 11 is 5.87. The van der Waals surface area contributed by atoms with Crippen molar-refractivity contribution in [1.29, 1.82) is 0 Å². The summed E-state index contributed by atoms with van der Waals surface area (Å²) in [4.78, 5) is 18.4. The van der Waals surface area contributed by atoms with Crippen LogP contribution in [0.1, 0.15) is 5.56 Å². The summed E-state index contributed by atoms with van der Waals surface area (Å²) in [6, 6.07) is 1.65. The summed E-state index contributed by atoms with van der Waals surface area (Å²) in [6.07, 6.45) is 3.16. The number of aromatic nitrogens is 2. The number of hydrogen-bond acceptors (Lipinski definition) is 2. The van der Waals surface area contributed by atoms with Gasteiger partial charge in [-0.3, -0.25) is 9.78 Å². The van der Waals surface area contributed by atoms with E-state index in [-0.39, 0.29) is 5.43 Å². The van der Waals surface area contributed by atoms with Crippen molar-refractivity contribution in [3.05, 3.63) is 39.3 Å². The molecule has 0 unspecified atom stereocenters. The summed E-state index contributed by atoms with van der Waals surface area (Å²) in [5.41, 5.74) is 1.56. The monoisotopic (exact) mass is 194 g/mol. The van der Waals surface area contributed by atoms with Crippen molar-refractivity contribution in [2.75, 3.05) is 0 Å². The van der Waals surface area contributed by atoms with Crippen LogP contribution in [0.15, 0.2) is 23.3 Å². The van der Waals surface area contributed by atoms with Gasteiger partial charge in [0.15, 0.2) is 0 Å². The van der Waals surface area contributed by atoms with Crippen molar-refractivity contribution in [1.82, 2.24) is 9.97 Å². The minimum atomic E-state index is -0.0729. The normalized spacial score (nSPS) is 10.6. The van der Waals surface area contributed by atoms with Gasteiger partial charge in [0.25, 0.3) is 0 Å². The molecule has 0 aliphatic heterocycles. The van der Waals surface area contributed by atoms with Gasteiger partial charge in [-0.15, -0.1) is 0 Å². The van der Waals surface area contributed by atoms with E-state index in [2.05, 4.69) is 9.97 Å². The molecule has 1 N–H and O–H groups in total. The first-order valence-electron chi connectivity index (χ1n) is 3.82. The Morgan fingerprint density at radius 1 is 1.54 bits per heavy atom. The first kappa shape index (κ1) is 8.26. The molecule has 0 aliphatic carbocycles. The van der Waals surface area contributed by atoms with E-state index in [1.165, 1.54) is 6.20 Å². The molecule has 4 heteroatoms. The maximum absolute atomic E-state index is 11.5. The minimum absolute atomic E-state index is 0.0729. The van der Waals surface area contributed by atoms with E-state index in [9.17, 15) is 4.79 Å². The highest BCUT2D eigenvalue weighted by Crippen LogP contribution is 2.16. The van der Waals surface area contributed by atoms with Gasteiger partial charge in [-0.1, -0.05) is 11.6 Å². The molecule has 2 rings (SSSR count). The van der Waals surface area contributed by atoms with E-state index in [1.54, 1.807) is 19.2 Å². The molecule has 0 saturated heterocycles. The molecular weight excluding hydrogens is 188 g/mol. The second-order valence-corrected chi connectivity index (χ2v) is 3.22. The van der Waals surface area contributed by atoms with E-state index in [1.807, 2.05) is 0 Å². The van der Waals surface area contributed by atoms with Gasteiger partial charge in [0.05, 0.1) is 10.5 Å². The predicted molar refractivity (Wildman–Crippen MR) is 52.1 cm³/mol. The molecule has 0 saturated carbocycles. The van der Waals surface area contributed by atoms with Gasteiger partial charge in [0.1, 0.15) is 5.52 Å². The fourth-order valence-corrected chi connectivity index (χ4v) is 1.38. The maximum atomic E-state index is 11.5. The summed E-state index contributed by atoms with van der Waals surface area (Å²) in [5.74, 6) is 0. The molecule has 2 aromatic rings. The third kappa shape index (κ3) is 1.21. The largest absolute Gasteiger partial charge is 0.358 e. The smallest absolute Gasteiger partial charge is 0.210 e. The minimum Gasteiger partial charge on any atom is -0.358 e. The third-order valence-corrected chi connectivity index (χ3v) is 2.22. The Labute approximate surface area is 79.4 Å². The summed E-state index contributed by atoms with van der Waals surface area (Å²) in [6.45, 7) is 1.74. The zero-order valence-corrected chi connectivity index (χ0v) is 7.72. The van der Waals surface area contributed by atoms with Crippen molar-refractivity contribution in [3.8, 4) is 0 Å². The van der Waals surface area contributed by atoms with Crippen molar-refractivity contribution in [2.24, 2.45) is 0 Å². The standard InChI is InChI=1S/C9H7ClN2O/c1-5-4-12-7-6(10)2-3-11-8(7)9(5)13/h2-4H,1H3,(H,12,13). The molecule has 13 heavy (non-hydrogen) atoms. The van der Waals surface area contributed by atoms with Gasteiger partial charge < -0.3 is 4.98 Å². The van der Waals surface area contributed by atoms with Crippen LogP contribution in [-0.4, -0.2) is 9.97 Å². The maximum Gasteiger partial charge on any atom is 0.210 e. The Balaban J connectivity index is 3.03. The van der Waals surface area contributed by atoms with Crippen molar-refractivity contribution < 1.29 is 0 Å². The Morgan fingerprint density at radius 3 is 3.08 bits per heavy atom. The lowest BCUT2D eigenvalue weighted by Gasteiger charge is -1.99. The van der Waals surface area contributed by atoms with Gasteiger partial charge in [0, 0.05) is 18.0 Å². The SMILES string of the molecule is Cc1c[nH]c2c(Cl)ccnc2c1=O. The summed E-state index contributed by atoms with van der Waals surface area (Å²) < 4.78 is 0. The number of aromatic amines is 1. The third-order valence-electron chi connectivity index (χ3n) is 1.91. The molecule has 0 fully saturated rings. The lowest BCUT2D eigenvalue weighted by Crippen LogP contribution is -2.07. The number of pyridine rings is 2. The summed E-state index contributed by atoms with van der Waals surface area (Å²) in [5, 5.41) is 0.516. The Bertz CT molecular complexity index is 518. The van der Waals surface area contributed by atoms with Crippen LogP contribution >= 0.6 is 11.6 Å². The van der Waals surface area contributed by atoms with Gasteiger partial charge >= 0.3 is 0 Å². The lowest BCUT2D eigenvalue weighted by molar-refractivity contribution is 1.26. The zero-order chi connectivity index (χ0) is 9.42. The van der Waals surface area contributed by atoms with Crippen LogP contribution in [0.4, 0.5) is 0 Å². The molecule has 0 aliphatic rings. The molecule has 0 atom stereocenters. The predicted octanol–water partition coefficient (Wildman–Crippen LogP) is 1.88. The second kappa shape index (κ2) is 2.85. The van der Waals surface area contributed by atoms with Gasteiger partial charge in [-0.25, -0.2) is 0 Å². The molecule has 3 nitrogen and oxygen atoms in total. The van der Waals surface area contributed by atoms with Crippen molar-refractivity contribution in [2.45, 2.75) is 6.92 Å². The molecule has 0 radical (unpaired) electrons. The van der Waals surface area contributed by atoms with Crippen LogP contribution in [0.2, 0.25) is 5.02 Å². The van der Waals surface area contributed by atoms with E-state index < -0.39 is 0 Å². The average Bonchev–Trinajstić information content (AvgIpc) is 2.12. The molecule has 2 heterocycles. The number of rotatable bonds is 0. The molecular formula is C9H7ClN2O. The molecule has 0 bridgehead atoms. The van der Waals surface area contributed by atoms with Gasteiger partial charge in [-0.05, 0) is 13.0 Å². The highest BCUT2D eigenvalue weighted by molar-refractivity contribution is 6.34. The van der Waals surface area contributed by atoms with E-state index >= 15 is 0 Å². The van der Waals surface area contributed by atoms with Crippen LogP contribution in [0, 0.1) is 6.92 Å². The number of H-pyrrole nitrogens is 1. The number of hydrogen-bond donors (Lipinski definition) is 1. The number of nitrogens with one attached hydrogen (secondary N) is 1. The van der Waals surface area contributed by atoms with Crippen LogP contribution < -0.4 is 5.43 Å². The zero-order valence-electron chi connectivity index (χ0n) is 6.97. The summed E-state index contributed by atoms with van der Waals surface area (Å²) in [7, 11) is 0. The molecule has 0 aromatic carbocycles. The fourth-order valence-electron chi connectivity index (χ4n) is 1.18. The molecule has 2 aromatic heterocycles. The molecule has 66 valence electrons. The second-order valence-electron chi connectivity index (χ2n) is 2.82. The highest BCUT2D eigenvalue weighted by Gasteiger charge is 2.04. The Hall–Kier alpha value is -1.35. The highest BCUT2D eigenvalue weighted by atomic mass is 35.5. The van der Waals surface area contributed by atoms with E-state index in [0.717, 1.165) is 0 Å². The topological polar surface area (TPSA) is 45.8 Å².